The summed E-state index contributed by atoms with van der Waals surface area (Å²) in [5.41, 5.74) is 0.515. The molecule has 1 fully saturated rings. The molecule has 86 valence electrons. The van der Waals surface area contributed by atoms with Crippen molar-refractivity contribution in [3.63, 3.8) is 0 Å². The summed E-state index contributed by atoms with van der Waals surface area (Å²) in [6.45, 7) is 0.665. The van der Waals surface area contributed by atoms with Gasteiger partial charge < -0.3 is 4.74 Å². The maximum atomic E-state index is 13.1. The fourth-order valence-electron chi connectivity index (χ4n) is 1.40. The number of nitrogens with zero attached hydrogens (tertiary/aromatic N) is 1. The van der Waals surface area contributed by atoms with Crippen molar-refractivity contribution in [2.24, 2.45) is 5.92 Å². The first kappa shape index (κ1) is 11.5. The molecule has 1 saturated carbocycles. The van der Waals surface area contributed by atoms with Gasteiger partial charge in [0.05, 0.1) is 24.7 Å². The number of ether oxygens (including phenoxy) is 1. The van der Waals surface area contributed by atoms with Crippen LogP contribution in [0.5, 0.6) is 5.75 Å². The fourth-order valence-corrected chi connectivity index (χ4v) is 1.40. The van der Waals surface area contributed by atoms with Crippen molar-refractivity contribution in [3.05, 3.63) is 29.6 Å². The lowest BCUT2D eigenvalue weighted by atomic mass is 10.2. The van der Waals surface area contributed by atoms with Gasteiger partial charge in [-0.2, -0.15) is 5.26 Å². The third-order valence-electron chi connectivity index (χ3n) is 2.50. The van der Waals surface area contributed by atoms with Crippen LogP contribution in [0.25, 0.3) is 0 Å². The molecule has 0 radical (unpaired) electrons. The lowest BCUT2D eigenvalue weighted by molar-refractivity contribution is 0.298. The maximum Gasteiger partial charge on any atom is 0.135 e. The van der Waals surface area contributed by atoms with Crippen LogP contribution in [0.2, 0.25) is 0 Å². The molecule has 1 aromatic carbocycles. The second kappa shape index (κ2) is 5.37. The molecule has 0 amide bonds. The summed E-state index contributed by atoms with van der Waals surface area (Å²) in [6.07, 6.45) is 2.55. The van der Waals surface area contributed by atoms with Crippen LogP contribution in [-0.4, -0.2) is 6.61 Å². The van der Waals surface area contributed by atoms with E-state index in [1.807, 2.05) is 6.07 Å². The molecule has 2 rings (SSSR count). The van der Waals surface area contributed by atoms with Crippen molar-refractivity contribution in [2.45, 2.75) is 19.3 Å². The third-order valence-corrected chi connectivity index (χ3v) is 2.50. The molecule has 2 nitrogen and oxygen atoms in total. The van der Waals surface area contributed by atoms with Crippen LogP contribution in [0.1, 0.15) is 24.8 Å². The Bertz CT molecular complexity index is 503. The maximum absolute atomic E-state index is 13.1. The van der Waals surface area contributed by atoms with Crippen molar-refractivity contribution < 1.29 is 9.13 Å². The number of nitriles is 1. The molecule has 1 aliphatic carbocycles. The first-order chi connectivity index (χ1) is 8.29. The van der Waals surface area contributed by atoms with Gasteiger partial charge in [-0.05, 0) is 37.0 Å². The van der Waals surface area contributed by atoms with Gasteiger partial charge in [-0.15, -0.1) is 0 Å². The first-order valence-electron chi connectivity index (χ1n) is 5.58. The Morgan fingerprint density at radius 3 is 2.94 bits per heavy atom. The number of hydrogen-bond acceptors (Lipinski definition) is 2. The molecular weight excluding hydrogens is 217 g/mol. The predicted molar refractivity (Wildman–Crippen MR) is 61.7 cm³/mol. The van der Waals surface area contributed by atoms with Crippen molar-refractivity contribution in [1.29, 1.82) is 5.26 Å². The van der Waals surface area contributed by atoms with E-state index in [0.717, 1.165) is 0 Å². The average Bonchev–Trinajstić information content (AvgIpc) is 3.12. The summed E-state index contributed by atoms with van der Waals surface area (Å²) < 4.78 is 18.7. The van der Waals surface area contributed by atoms with E-state index in [4.69, 9.17) is 10.00 Å². The molecule has 17 heavy (non-hydrogen) atoms. The van der Waals surface area contributed by atoms with Gasteiger partial charge in [0.25, 0.3) is 0 Å². The number of benzene rings is 1. The Morgan fingerprint density at radius 1 is 1.41 bits per heavy atom. The lowest BCUT2D eigenvalue weighted by Crippen LogP contribution is -2.00. The number of rotatable bonds is 3. The van der Waals surface area contributed by atoms with Gasteiger partial charge in [-0.3, -0.25) is 0 Å². The quantitative estimate of drug-likeness (QED) is 0.746. The summed E-state index contributed by atoms with van der Waals surface area (Å²) in [5.74, 6) is 6.32. The highest BCUT2D eigenvalue weighted by Crippen LogP contribution is 2.30. The molecule has 0 saturated heterocycles. The molecule has 0 N–H and O–H groups in total. The summed E-state index contributed by atoms with van der Waals surface area (Å²) in [7, 11) is 0. The van der Waals surface area contributed by atoms with Crippen LogP contribution in [0.15, 0.2) is 18.2 Å². The zero-order chi connectivity index (χ0) is 12.1. The van der Waals surface area contributed by atoms with Crippen LogP contribution in [0.4, 0.5) is 4.39 Å². The van der Waals surface area contributed by atoms with Crippen LogP contribution >= 0.6 is 0 Å². The average molecular weight is 229 g/mol. The van der Waals surface area contributed by atoms with Gasteiger partial charge >= 0.3 is 0 Å². The molecule has 3 heteroatoms. The molecule has 0 unspecified atom stereocenters. The fraction of sp³-hybridized carbons (Fsp3) is 0.357. The zero-order valence-corrected chi connectivity index (χ0v) is 9.37. The van der Waals surface area contributed by atoms with E-state index >= 15 is 0 Å². The van der Waals surface area contributed by atoms with Gasteiger partial charge in [-0.25, -0.2) is 4.39 Å². The van der Waals surface area contributed by atoms with Crippen LogP contribution in [-0.2, 0) is 0 Å². The van der Waals surface area contributed by atoms with Gasteiger partial charge in [0.2, 0.25) is 0 Å². The summed E-state index contributed by atoms with van der Waals surface area (Å²) >= 11 is 0. The van der Waals surface area contributed by atoms with Crippen molar-refractivity contribution in [3.8, 4) is 23.7 Å². The Morgan fingerprint density at radius 2 is 2.24 bits per heavy atom. The van der Waals surface area contributed by atoms with Crippen molar-refractivity contribution >= 4 is 0 Å². The van der Waals surface area contributed by atoms with Gasteiger partial charge in [-0.1, -0.05) is 11.8 Å². The van der Waals surface area contributed by atoms with Crippen molar-refractivity contribution in [2.75, 3.05) is 6.61 Å². The normalized spacial score (nSPS) is 13.4. The highest BCUT2D eigenvalue weighted by Gasteiger charge is 2.22. The van der Waals surface area contributed by atoms with E-state index in [0.29, 0.717) is 23.8 Å². The van der Waals surface area contributed by atoms with Gasteiger partial charge in [0, 0.05) is 0 Å². The Balaban J connectivity index is 2.12. The van der Waals surface area contributed by atoms with Crippen LogP contribution in [0.3, 0.4) is 0 Å². The predicted octanol–water partition coefficient (Wildman–Crippen LogP) is 2.88. The lowest BCUT2D eigenvalue weighted by Gasteiger charge is -2.07. The molecule has 1 aliphatic rings. The Labute approximate surface area is 100 Å². The molecule has 0 aromatic heterocycles. The van der Waals surface area contributed by atoms with Gasteiger partial charge in [0.15, 0.2) is 0 Å². The summed E-state index contributed by atoms with van der Waals surface area (Å²) in [6, 6.07) is 6.21. The minimum absolute atomic E-state index is 0.137. The van der Waals surface area contributed by atoms with Gasteiger partial charge in [0.1, 0.15) is 11.6 Å². The van der Waals surface area contributed by atoms with Crippen molar-refractivity contribution in [1.82, 2.24) is 0 Å². The highest BCUT2D eigenvalue weighted by atomic mass is 19.1. The Kier molecular flexibility index (Phi) is 3.62. The largest absolute Gasteiger partial charge is 0.492 e. The van der Waals surface area contributed by atoms with E-state index in [9.17, 15) is 4.39 Å². The molecule has 0 spiro atoms. The molecule has 0 heterocycles. The van der Waals surface area contributed by atoms with E-state index in [1.165, 1.54) is 25.0 Å². The van der Waals surface area contributed by atoms with E-state index in [2.05, 4.69) is 11.8 Å². The molecular formula is C14H12FNO. The number of halogens is 1. The third kappa shape index (κ3) is 3.50. The summed E-state index contributed by atoms with van der Waals surface area (Å²) in [5, 5.41) is 8.39. The Hall–Kier alpha value is -2.00. The second-order valence-corrected chi connectivity index (χ2v) is 4.03. The smallest absolute Gasteiger partial charge is 0.135 e. The second-order valence-electron chi connectivity index (χ2n) is 4.03. The van der Waals surface area contributed by atoms with E-state index in [-0.39, 0.29) is 12.2 Å². The molecule has 1 aromatic rings. The van der Waals surface area contributed by atoms with E-state index in [1.54, 1.807) is 6.07 Å². The minimum atomic E-state index is -0.343. The molecule has 0 atom stereocenters. The first-order valence-corrected chi connectivity index (χ1v) is 5.58. The monoisotopic (exact) mass is 229 g/mol. The highest BCUT2D eigenvalue weighted by molar-refractivity contribution is 5.46. The SMILES string of the molecule is N#CCC#Cc1cc(F)ccc1OCC1CC1. The number of hydrogen-bond donors (Lipinski definition) is 0. The topological polar surface area (TPSA) is 33.0 Å². The summed E-state index contributed by atoms with van der Waals surface area (Å²) in [4.78, 5) is 0. The van der Waals surface area contributed by atoms with Crippen LogP contribution in [0, 0.1) is 34.9 Å². The van der Waals surface area contributed by atoms with E-state index < -0.39 is 0 Å². The van der Waals surface area contributed by atoms with Crippen LogP contribution < -0.4 is 4.74 Å². The molecule has 0 bridgehead atoms. The standard InChI is InChI=1S/C14H12FNO/c15-13-6-7-14(17-10-11-4-5-11)12(9-13)3-1-2-8-16/h6-7,9,11H,2,4-5,10H2. The minimum Gasteiger partial charge on any atom is -0.492 e. The zero-order valence-electron chi connectivity index (χ0n) is 9.37. The molecule has 0 aliphatic heterocycles.